The molecule has 0 spiro atoms. The lowest BCUT2D eigenvalue weighted by Crippen LogP contribution is -1.61. The number of nitrogens with zero attached hydrogens (tertiary/aromatic N) is 3. The molecule has 0 aliphatic rings. The van der Waals surface area contributed by atoms with Crippen molar-refractivity contribution in [2.24, 2.45) is 15.4 Å². The van der Waals surface area contributed by atoms with E-state index in [-0.39, 0.29) is 0 Å². The first-order chi connectivity index (χ1) is 4.91. The molecule has 0 saturated carbocycles. The van der Waals surface area contributed by atoms with Crippen LogP contribution in [0.4, 0.5) is 0 Å². The summed E-state index contributed by atoms with van der Waals surface area (Å²) in [5.41, 5.74) is 0. The van der Waals surface area contributed by atoms with Gasteiger partial charge in [0.15, 0.2) is 0 Å². The Kier molecular flexibility index (Phi) is 18.4. The smallest absolute Gasteiger partial charge is 0.0592 e. The Morgan fingerprint density at radius 1 is 1.40 bits per heavy atom. The van der Waals surface area contributed by atoms with E-state index in [1.54, 1.807) is 6.08 Å². The summed E-state index contributed by atoms with van der Waals surface area (Å²) in [4.78, 5) is 0. The summed E-state index contributed by atoms with van der Waals surface area (Å²) in [5, 5.41) is 10.5. The molecule has 0 aliphatic carbocycles. The molecule has 0 aromatic carbocycles. The second-order valence-electron chi connectivity index (χ2n) is 1.05. The van der Waals surface area contributed by atoms with Crippen LogP contribution in [-0.4, -0.2) is 12.8 Å². The van der Waals surface area contributed by atoms with Crippen molar-refractivity contribution in [3.05, 3.63) is 12.7 Å². The predicted molar refractivity (Wildman–Crippen MR) is 45.4 cm³/mol. The van der Waals surface area contributed by atoms with Crippen molar-refractivity contribution < 1.29 is 0 Å². The molecule has 0 amide bonds. The van der Waals surface area contributed by atoms with E-state index in [2.05, 4.69) is 22.0 Å². The van der Waals surface area contributed by atoms with Gasteiger partial charge in [-0.3, -0.25) is 0 Å². The first-order valence-electron chi connectivity index (χ1n) is 3.42. The van der Waals surface area contributed by atoms with Crippen LogP contribution in [0.1, 0.15) is 20.8 Å². The van der Waals surface area contributed by atoms with Crippen LogP contribution in [0.5, 0.6) is 0 Å². The van der Waals surface area contributed by atoms with Crippen LogP contribution in [0.2, 0.25) is 0 Å². The summed E-state index contributed by atoms with van der Waals surface area (Å²) in [6.45, 7) is 9.98. The Labute approximate surface area is 62.6 Å². The van der Waals surface area contributed by atoms with Crippen LogP contribution >= 0.6 is 0 Å². The molecule has 3 nitrogen and oxygen atoms in total. The summed E-state index contributed by atoms with van der Waals surface area (Å²) in [5.74, 6) is 0. The number of hydrogen-bond donors (Lipinski definition) is 0. The average molecular weight is 141 g/mol. The van der Waals surface area contributed by atoms with E-state index in [4.69, 9.17) is 0 Å². The molecule has 0 bridgehead atoms. The van der Waals surface area contributed by atoms with Crippen molar-refractivity contribution >= 4 is 6.21 Å². The van der Waals surface area contributed by atoms with Crippen LogP contribution in [0.25, 0.3) is 0 Å². The van der Waals surface area contributed by atoms with Crippen LogP contribution in [0.15, 0.2) is 28.1 Å². The number of allylic oxidation sites excluding steroid dienone is 1. The van der Waals surface area contributed by atoms with Crippen LogP contribution in [-0.2, 0) is 0 Å². The zero-order valence-electron chi connectivity index (χ0n) is 6.91. The fourth-order valence-corrected chi connectivity index (χ4v) is 0.177. The van der Waals surface area contributed by atoms with Crippen molar-refractivity contribution in [3.8, 4) is 0 Å². The zero-order chi connectivity index (χ0) is 8.24. The fourth-order valence-electron chi connectivity index (χ4n) is 0.177. The highest BCUT2D eigenvalue weighted by Crippen LogP contribution is 1.73. The highest BCUT2D eigenvalue weighted by molar-refractivity contribution is 5.69. The Balaban J connectivity index is 0. The van der Waals surface area contributed by atoms with Gasteiger partial charge in [0, 0.05) is 0 Å². The second-order valence-corrected chi connectivity index (χ2v) is 1.05. The standard InChI is InChI=1S/C5H9N3.C2H6/c1-3-5-7-8-6-4-2;1-2/h3,5H,1,4H2,2H3;1-2H3/b7-5-,8-6?;. The molecule has 0 saturated heterocycles. The zero-order valence-corrected chi connectivity index (χ0v) is 6.91. The van der Waals surface area contributed by atoms with Gasteiger partial charge in [-0.15, -0.1) is 5.10 Å². The topological polar surface area (TPSA) is 37.1 Å². The van der Waals surface area contributed by atoms with Crippen molar-refractivity contribution in [1.29, 1.82) is 0 Å². The maximum Gasteiger partial charge on any atom is 0.0592 e. The van der Waals surface area contributed by atoms with Gasteiger partial charge in [0.1, 0.15) is 0 Å². The quantitative estimate of drug-likeness (QED) is 0.329. The Morgan fingerprint density at radius 3 is 2.40 bits per heavy atom. The minimum absolute atomic E-state index is 0.675. The van der Waals surface area contributed by atoms with Crippen LogP contribution in [0.3, 0.4) is 0 Å². The third kappa shape index (κ3) is 15.7. The minimum Gasteiger partial charge on any atom is -0.169 e. The van der Waals surface area contributed by atoms with Crippen molar-refractivity contribution in [2.75, 3.05) is 6.54 Å². The molecule has 58 valence electrons. The summed E-state index contributed by atoms with van der Waals surface area (Å²) in [6, 6.07) is 0. The van der Waals surface area contributed by atoms with E-state index in [9.17, 15) is 0 Å². The van der Waals surface area contributed by atoms with Crippen molar-refractivity contribution in [3.63, 3.8) is 0 Å². The molecular weight excluding hydrogens is 126 g/mol. The van der Waals surface area contributed by atoms with E-state index in [1.807, 2.05) is 20.8 Å². The van der Waals surface area contributed by atoms with Gasteiger partial charge in [0.2, 0.25) is 0 Å². The van der Waals surface area contributed by atoms with Gasteiger partial charge >= 0.3 is 0 Å². The Morgan fingerprint density at radius 2 is 2.00 bits per heavy atom. The minimum atomic E-state index is 0.675. The maximum atomic E-state index is 3.59. The van der Waals surface area contributed by atoms with Gasteiger partial charge < -0.3 is 0 Å². The molecule has 10 heavy (non-hydrogen) atoms. The largest absolute Gasteiger partial charge is 0.169 e. The molecule has 0 radical (unpaired) electrons. The second kappa shape index (κ2) is 15.7. The van der Waals surface area contributed by atoms with E-state index in [1.165, 1.54) is 6.21 Å². The highest BCUT2D eigenvalue weighted by Gasteiger charge is 1.60. The molecule has 0 fully saturated rings. The lowest BCUT2D eigenvalue weighted by Gasteiger charge is -1.71. The first-order valence-corrected chi connectivity index (χ1v) is 3.42. The molecule has 0 N–H and O–H groups in total. The van der Waals surface area contributed by atoms with Crippen LogP contribution in [0, 0.1) is 0 Å². The van der Waals surface area contributed by atoms with Gasteiger partial charge in [-0.2, -0.15) is 5.11 Å². The lowest BCUT2D eigenvalue weighted by molar-refractivity contribution is 0.931. The molecule has 0 atom stereocenters. The number of rotatable bonds is 3. The van der Waals surface area contributed by atoms with E-state index < -0.39 is 0 Å². The average Bonchev–Trinajstić information content (AvgIpc) is 2.02. The summed E-state index contributed by atoms with van der Waals surface area (Å²) in [7, 11) is 0. The summed E-state index contributed by atoms with van der Waals surface area (Å²) >= 11 is 0. The highest BCUT2D eigenvalue weighted by atomic mass is 15.4. The maximum absolute atomic E-state index is 3.59. The molecule has 0 unspecified atom stereocenters. The lowest BCUT2D eigenvalue weighted by atomic mass is 10.7. The Bertz CT molecular complexity index is 105. The molecule has 0 rings (SSSR count). The van der Waals surface area contributed by atoms with Crippen molar-refractivity contribution in [1.82, 2.24) is 0 Å². The van der Waals surface area contributed by atoms with E-state index >= 15 is 0 Å². The summed E-state index contributed by atoms with van der Waals surface area (Å²) < 4.78 is 0. The monoisotopic (exact) mass is 141 g/mol. The summed E-state index contributed by atoms with van der Waals surface area (Å²) in [6.07, 6.45) is 3.04. The molecule has 3 heteroatoms. The molecule has 0 aliphatic heterocycles. The third-order valence-electron chi connectivity index (χ3n) is 0.428. The Hall–Kier alpha value is -0.990. The van der Waals surface area contributed by atoms with Gasteiger partial charge in [-0.1, -0.05) is 20.4 Å². The molecule has 0 heterocycles. The molecular formula is C7H15N3. The first kappa shape index (κ1) is 11.8. The predicted octanol–water partition coefficient (Wildman–Crippen LogP) is 2.66. The van der Waals surface area contributed by atoms with Gasteiger partial charge in [0.05, 0.1) is 12.8 Å². The SMILES string of the molecule is C=C/C=N\N=NCC.CC. The van der Waals surface area contributed by atoms with Gasteiger partial charge in [-0.05, 0) is 18.2 Å². The number of hydrogen-bond acceptors (Lipinski definition) is 2. The van der Waals surface area contributed by atoms with E-state index in [0.717, 1.165) is 0 Å². The molecule has 0 aromatic heterocycles. The van der Waals surface area contributed by atoms with E-state index in [0.29, 0.717) is 6.54 Å². The van der Waals surface area contributed by atoms with Gasteiger partial charge in [0.25, 0.3) is 0 Å². The van der Waals surface area contributed by atoms with Crippen molar-refractivity contribution in [2.45, 2.75) is 20.8 Å². The van der Waals surface area contributed by atoms with Gasteiger partial charge in [-0.25, -0.2) is 0 Å². The third-order valence-corrected chi connectivity index (χ3v) is 0.428. The fraction of sp³-hybridized carbons (Fsp3) is 0.571. The molecule has 0 aromatic rings. The normalized spacial score (nSPS) is 9.50. The van der Waals surface area contributed by atoms with Crippen LogP contribution < -0.4 is 0 Å².